The molecule has 0 aromatic rings. The van der Waals surface area contributed by atoms with Crippen LogP contribution in [0.3, 0.4) is 0 Å². The highest BCUT2D eigenvalue weighted by molar-refractivity contribution is 5.90. The van der Waals surface area contributed by atoms with Crippen molar-refractivity contribution in [2.24, 2.45) is 0 Å². The molecule has 1 fully saturated rings. The molecule has 0 aliphatic carbocycles. The summed E-state index contributed by atoms with van der Waals surface area (Å²) in [5.74, 6) is -1.10. The largest absolute Gasteiger partial charge is 0.479 e. The van der Waals surface area contributed by atoms with E-state index in [0.29, 0.717) is 23.9 Å². The average Bonchev–Trinajstić information content (AvgIpc) is 2.29. The molecule has 0 spiro atoms. The Labute approximate surface area is 83.3 Å². The summed E-state index contributed by atoms with van der Waals surface area (Å²) < 4.78 is 0.520. The van der Waals surface area contributed by atoms with E-state index in [1.54, 1.807) is 0 Å². The molecule has 0 bridgehead atoms. The van der Waals surface area contributed by atoms with Gasteiger partial charge in [0.05, 0.1) is 21.1 Å². The normalized spacial score (nSPS) is 27.5. The van der Waals surface area contributed by atoms with Crippen LogP contribution in [0.2, 0.25) is 0 Å². The quantitative estimate of drug-likeness (QED) is 0.601. The van der Waals surface area contributed by atoms with Crippen molar-refractivity contribution in [1.29, 1.82) is 0 Å². The van der Waals surface area contributed by atoms with Gasteiger partial charge in [0.1, 0.15) is 6.54 Å². The molecular weight excluding hydrogens is 184 g/mol. The lowest BCUT2D eigenvalue weighted by Gasteiger charge is -2.33. The van der Waals surface area contributed by atoms with E-state index in [2.05, 4.69) is 5.32 Å². The smallest absolute Gasteiger partial charge is 0.335 e. The number of likely N-dealkylation sites (N-methyl/N-ethyl adjacent to an activating group) is 1. The molecular formula is C9H17N2O3+. The summed E-state index contributed by atoms with van der Waals surface area (Å²) in [6.07, 6.45) is 0.697. The Balaban J connectivity index is 2.84. The average molecular weight is 201 g/mol. The number of aliphatic carboxylic acids is 1. The minimum Gasteiger partial charge on any atom is -0.479 e. The summed E-state index contributed by atoms with van der Waals surface area (Å²) in [6, 6.07) is 0. The number of hydrogen-bond acceptors (Lipinski definition) is 2. The van der Waals surface area contributed by atoms with Crippen LogP contribution in [-0.4, -0.2) is 54.7 Å². The van der Waals surface area contributed by atoms with Crippen LogP contribution < -0.4 is 5.32 Å². The van der Waals surface area contributed by atoms with Gasteiger partial charge in [0.15, 0.2) is 5.54 Å². The topological polar surface area (TPSA) is 66.4 Å². The summed E-state index contributed by atoms with van der Waals surface area (Å²) in [5.41, 5.74) is -1.06. The van der Waals surface area contributed by atoms with E-state index in [-0.39, 0.29) is 5.91 Å². The molecule has 1 atom stereocenters. The number of carbonyl (C=O) groups is 2. The van der Waals surface area contributed by atoms with Gasteiger partial charge in [-0.2, -0.15) is 0 Å². The maximum Gasteiger partial charge on any atom is 0.335 e. The van der Waals surface area contributed by atoms with E-state index >= 15 is 0 Å². The molecule has 0 radical (unpaired) electrons. The Morgan fingerprint density at radius 1 is 1.57 bits per heavy atom. The number of carbonyl (C=O) groups excluding carboxylic acids is 1. The number of hydrogen-bond donors (Lipinski definition) is 2. The molecule has 80 valence electrons. The number of amides is 1. The third-order valence-corrected chi connectivity index (χ3v) is 2.31. The Morgan fingerprint density at radius 3 is 2.43 bits per heavy atom. The van der Waals surface area contributed by atoms with Crippen LogP contribution in [0.1, 0.15) is 12.8 Å². The molecule has 0 aromatic heterocycles. The standard InChI is InChI=1S/C9H16N2O3/c1-11(2,3)6-9(8(13)14)5-4-7(12)10-9/h4-6H2,1-3H3,(H-,10,12,13,14)/p+1/t9-/m0/s1. The second-order valence-corrected chi connectivity index (χ2v) is 4.88. The molecule has 0 saturated carbocycles. The van der Waals surface area contributed by atoms with Gasteiger partial charge in [-0.1, -0.05) is 0 Å². The number of carboxylic acids is 1. The van der Waals surface area contributed by atoms with Crippen LogP contribution in [0, 0.1) is 0 Å². The van der Waals surface area contributed by atoms with Gasteiger partial charge in [-0.25, -0.2) is 4.79 Å². The molecule has 1 saturated heterocycles. The first-order valence-corrected chi connectivity index (χ1v) is 4.60. The lowest BCUT2D eigenvalue weighted by molar-refractivity contribution is -0.873. The van der Waals surface area contributed by atoms with Gasteiger partial charge in [-0.15, -0.1) is 0 Å². The molecule has 0 aromatic carbocycles. The number of rotatable bonds is 3. The number of nitrogens with zero attached hydrogens (tertiary/aromatic N) is 1. The van der Waals surface area contributed by atoms with Crippen LogP contribution in [0.4, 0.5) is 0 Å². The molecule has 0 unspecified atom stereocenters. The van der Waals surface area contributed by atoms with Crippen LogP contribution in [0.25, 0.3) is 0 Å². The number of carboxylic acid groups (broad SMARTS) is 1. The van der Waals surface area contributed by atoms with Gasteiger partial charge in [0, 0.05) is 6.42 Å². The molecule has 14 heavy (non-hydrogen) atoms. The van der Waals surface area contributed by atoms with E-state index in [9.17, 15) is 9.59 Å². The van der Waals surface area contributed by atoms with Crippen molar-refractivity contribution in [1.82, 2.24) is 5.32 Å². The van der Waals surface area contributed by atoms with Crippen LogP contribution >= 0.6 is 0 Å². The second kappa shape index (κ2) is 3.24. The predicted molar refractivity (Wildman–Crippen MR) is 50.6 cm³/mol. The van der Waals surface area contributed by atoms with Crippen molar-refractivity contribution in [2.45, 2.75) is 18.4 Å². The molecule has 1 rings (SSSR count). The van der Waals surface area contributed by atoms with Gasteiger partial charge < -0.3 is 14.9 Å². The van der Waals surface area contributed by atoms with E-state index in [1.165, 1.54) is 0 Å². The van der Waals surface area contributed by atoms with Crippen LogP contribution in [0.5, 0.6) is 0 Å². The van der Waals surface area contributed by atoms with Crippen LogP contribution in [0.15, 0.2) is 0 Å². The molecule has 5 heteroatoms. The van der Waals surface area contributed by atoms with E-state index in [0.717, 1.165) is 0 Å². The number of quaternary nitrogens is 1. The van der Waals surface area contributed by atoms with Crippen molar-refractivity contribution < 1.29 is 19.2 Å². The van der Waals surface area contributed by atoms with E-state index < -0.39 is 11.5 Å². The van der Waals surface area contributed by atoms with Crippen molar-refractivity contribution >= 4 is 11.9 Å². The Hall–Kier alpha value is -1.10. The van der Waals surface area contributed by atoms with E-state index in [1.807, 2.05) is 21.1 Å². The summed E-state index contributed by atoms with van der Waals surface area (Å²) in [4.78, 5) is 22.2. The highest BCUT2D eigenvalue weighted by Crippen LogP contribution is 2.22. The van der Waals surface area contributed by atoms with Gasteiger partial charge in [0.2, 0.25) is 5.91 Å². The lowest BCUT2D eigenvalue weighted by Crippen LogP contribution is -2.59. The fourth-order valence-corrected chi connectivity index (χ4v) is 1.88. The highest BCUT2D eigenvalue weighted by atomic mass is 16.4. The third kappa shape index (κ3) is 2.23. The first kappa shape index (κ1) is 11.0. The molecule has 1 amide bonds. The minimum absolute atomic E-state index is 0.166. The van der Waals surface area contributed by atoms with Crippen molar-refractivity contribution in [3.05, 3.63) is 0 Å². The van der Waals surface area contributed by atoms with Gasteiger partial charge in [0.25, 0.3) is 0 Å². The Morgan fingerprint density at radius 2 is 2.14 bits per heavy atom. The van der Waals surface area contributed by atoms with Crippen molar-refractivity contribution in [3.63, 3.8) is 0 Å². The second-order valence-electron chi connectivity index (χ2n) is 4.88. The highest BCUT2D eigenvalue weighted by Gasteiger charge is 2.48. The summed E-state index contributed by atoms with van der Waals surface area (Å²) >= 11 is 0. The predicted octanol–water partition coefficient (Wildman–Crippen LogP) is -0.574. The van der Waals surface area contributed by atoms with Gasteiger partial charge in [-0.05, 0) is 6.42 Å². The first-order chi connectivity index (χ1) is 6.25. The number of nitrogens with one attached hydrogen (secondary N) is 1. The fourth-order valence-electron chi connectivity index (χ4n) is 1.88. The zero-order valence-electron chi connectivity index (χ0n) is 8.83. The molecule has 2 N–H and O–H groups in total. The van der Waals surface area contributed by atoms with Gasteiger partial charge >= 0.3 is 5.97 Å². The maximum absolute atomic E-state index is 11.1. The zero-order chi connectivity index (χ0) is 11.0. The van der Waals surface area contributed by atoms with Crippen molar-refractivity contribution in [3.8, 4) is 0 Å². The minimum atomic E-state index is -1.06. The molecule has 1 heterocycles. The van der Waals surface area contributed by atoms with Crippen molar-refractivity contribution in [2.75, 3.05) is 27.7 Å². The molecule has 5 nitrogen and oxygen atoms in total. The third-order valence-electron chi connectivity index (χ3n) is 2.31. The summed E-state index contributed by atoms with van der Waals surface area (Å²) in [5, 5.41) is 11.7. The Bertz CT molecular complexity index is 270. The summed E-state index contributed by atoms with van der Waals surface area (Å²) in [7, 11) is 5.74. The van der Waals surface area contributed by atoms with Crippen LogP contribution in [-0.2, 0) is 9.59 Å². The fraction of sp³-hybridized carbons (Fsp3) is 0.778. The lowest BCUT2D eigenvalue weighted by atomic mass is 9.96. The molecule has 1 aliphatic rings. The Kier molecular flexibility index (Phi) is 2.54. The maximum atomic E-state index is 11.1. The molecule has 1 aliphatic heterocycles. The first-order valence-electron chi connectivity index (χ1n) is 4.60. The SMILES string of the molecule is C[N+](C)(C)C[C@]1(C(=O)O)CCC(=O)N1. The van der Waals surface area contributed by atoms with Gasteiger partial charge in [-0.3, -0.25) is 4.79 Å². The zero-order valence-corrected chi connectivity index (χ0v) is 8.83. The van der Waals surface area contributed by atoms with E-state index in [4.69, 9.17) is 5.11 Å². The summed E-state index contributed by atoms with van der Waals surface area (Å²) in [6.45, 7) is 0.411. The monoisotopic (exact) mass is 201 g/mol.